The number of hydrogen-bond donors (Lipinski definition) is 3. The lowest BCUT2D eigenvalue weighted by Crippen LogP contribution is -2.38. The van der Waals surface area contributed by atoms with E-state index in [-0.39, 0.29) is 11.8 Å². The number of aliphatic imine (C=N–C) groups is 1. The molecule has 0 atom stereocenters. The van der Waals surface area contributed by atoms with Gasteiger partial charge in [-0.05, 0) is 48.7 Å². The summed E-state index contributed by atoms with van der Waals surface area (Å²) in [6.45, 7) is 3.69. The highest BCUT2D eigenvalue weighted by molar-refractivity contribution is 6.31. The normalized spacial score (nSPS) is 14.0. The quantitative estimate of drug-likeness (QED) is 0.453. The molecule has 2 aromatic rings. The number of nitrogens with one attached hydrogen (secondary N) is 3. The molecule has 2 aromatic carbocycles. The minimum atomic E-state index is -0.0969. The maximum absolute atomic E-state index is 12.2. The number of amides is 2. The van der Waals surface area contributed by atoms with Crippen LogP contribution in [0.1, 0.15) is 30.4 Å². The fourth-order valence-corrected chi connectivity index (χ4v) is 3.55. The van der Waals surface area contributed by atoms with Crippen LogP contribution in [0.3, 0.4) is 0 Å². The summed E-state index contributed by atoms with van der Waals surface area (Å²) in [7, 11) is 1.69. The molecule has 1 aliphatic heterocycles. The number of halogens is 1. The van der Waals surface area contributed by atoms with Crippen molar-refractivity contribution >= 4 is 40.7 Å². The number of nitrogens with zero attached hydrogens (tertiary/aromatic N) is 2. The standard InChI is InChI=1S/C23H28ClN5O2/c1-16-19(24)5-3-6-20(16)28-21(30)12-13-26-23(25-2)27-15-17-8-10-18(11-9-17)29-14-4-7-22(29)31/h3,5-6,8-11H,4,7,12-15H2,1-2H3,(H,28,30)(H2,25,26,27). The Bertz CT molecular complexity index is 959. The van der Waals surface area contributed by atoms with Crippen molar-refractivity contribution in [1.29, 1.82) is 0 Å². The summed E-state index contributed by atoms with van der Waals surface area (Å²) < 4.78 is 0. The lowest BCUT2D eigenvalue weighted by Gasteiger charge is -2.16. The molecule has 31 heavy (non-hydrogen) atoms. The predicted octanol–water partition coefficient (Wildman–Crippen LogP) is 3.47. The number of rotatable bonds is 7. The number of guanidine groups is 1. The number of anilines is 2. The van der Waals surface area contributed by atoms with Gasteiger partial charge >= 0.3 is 0 Å². The Labute approximate surface area is 187 Å². The second-order valence-corrected chi connectivity index (χ2v) is 7.79. The van der Waals surface area contributed by atoms with Crippen LogP contribution < -0.4 is 20.9 Å². The van der Waals surface area contributed by atoms with E-state index in [1.165, 1.54) is 0 Å². The van der Waals surface area contributed by atoms with Gasteiger partial charge in [0.1, 0.15) is 0 Å². The van der Waals surface area contributed by atoms with E-state index in [9.17, 15) is 9.59 Å². The van der Waals surface area contributed by atoms with E-state index in [1.807, 2.05) is 48.2 Å². The molecule has 0 radical (unpaired) electrons. The van der Waals surface area contributed by atoms with Crippen LogP contribution in [-0.4, -0.2) is 37.9 Å². The molecule has 0 aliphatic carbocycles. The second-order valence-electron chi connectivity index (χ2n) is 7.38. The molecule has 3 rings (SSSR count). The molecule has 7 nitrogen and oxygen atoms in total. The molecule has 0 spiro atoms. The van der Waals surface area contributed by atoms with E-state index in [0.29, 0.717) is 36.9 Å². The van der Waals surface area contributed by atoms with Crippen molar-refractivity contribution in [1.82, 2.24) is 10.6 Å². The van der Waals surface area contributed by atoms with Crippen LogP contribution in [0.4, 0.5) is 11.4 Å². The summed E-state index contributed by atoms with van der Waals surface area (Å²) in [4.78, 5) is 30.1. The van der Waals surface area contributed by atoms with Gasteiger partial charge in [0.05, 0.1) is 0 Å². The first kappa shape index (κ1) is 22.6. The van der Waals surface area contributed by atoms with Gasteiger partial charge in [-0.25, -0.2) is 0 Å². The molecule has 8 heteroatoms. The molecule has 1 aliphatic rings. The first-order valence-electron chi connectivity index (χ1n) is 10.4. The van der Waals surface area contributed by atoms with Crippen molar-refractivity contribution in [2.24, 2.45) is 4.99 Å². The Morgan fingerprint density at radius 2 is 1.94 bits per heavy atom. The van der Waals surface area contributed by atoms with Gasteiger partial charge < -0.3 is 20.9 Å². The molecule has 164 valence electrons. The minimum absolute atomic E-state index is 0.0969. The van der Waals surface area contributed by atoms with Crippen molar-refractivity contribution in [2.75, 3.05) is 30.4 Å². The van der Waals surface area contributed by atoms with Crippen molar-refractivity contribution < 1.29 is 9.59 Å². The minimum Gasteiger partial charge on any atom is -0.356 e. The number of carbonyl (C=O) groups is 2. The molecule has 1 fully saturated rings. The lowest BCUT2D eigenvalue weighted by molar-refractivity contribution is -0.117. The molecule has 1 saturated heterocycles. The van der Waals surface area contributed by atoms with Gasteiger partial charge in [0.15, 0.2) is 5.96 Å². The summed E-state index contributed by atoms with van der Waals surface area (Å²) in [6.07, 6.45) is 1.84. The molecule has 0 saturated carbocycles. The average molecular weight is 442 g/mol. The molecule has 0 bridgehead atoms. The molecule has 0 unspecified atom stereocenters. The molecule has 2 amide bonds. The van der Waals surface area contributed by atoms with Crippen LogP contribution in [0.2, 0.25) is 5.02 Å². The largest absolute Gasteiger partial charge is 0.356 e. The van der Waals surface area contributed by atoms with Crippen LogP contribution in [-0.2, 0) is 16.1 Å². The Hall–Kier alpha value is -3.06. The van der Waals surface area contributed by atoms with Gasteiger partial charge in [-0.1, -0.05) is 29.8 Å². The maximum Gasteiger partial charge on any atom is 0.227 e. The second kappa shape index (κ2) is 10.8. The van der Waals surface area contributed by atoms with E-state index in [1.54, 1.807) is 13.1 Å². The van der Waals surface area contributed by atoms with E-state index in [2.05, 4.69) is 20.9 Å². The van der Waals surface area contributed by atoms with Crippen LogP contribution in [0, 0.1) is 6.92 Å². The summed E-state index contributed by atoms with van der Waals surface area (Å²) in [5.41, 5.74) is 3.59. The van der Waals surface area contributed by atoms with Crippen molar-refractivity contribution in [3.8, 4) is 0 Å². The van der Waals surface area contributed by atoms with Crippen molar-refractivity contribution in [2.45, 2.75) is 32.7 Å². The Morgan fingerprint density at radius 1 is 1.16 bits per heavy atom. The Morgan fingerprint density at radius 3 is 2.61 bits per heavy atom. The first-order valence-corrected chi connectivity index (χ1v) is 10.7. The molecule has 1 heterocycles. The SMILES string of the molecule is CN=C(NCCC(=O)Nc1cccc(Cl)c1C)NCc1ccc(N2CCCC2=O)cc1. The average Bonchev–Trinajstić information content (AvgIpc) is 3.20. The third kappa shape index (κ3) is 6.21. The molecular weight excluding hydrogens is 414 g/mol. The predicted molar refractivity (Wildman–Crippen MR) is 126 cm³/mol. The van der Waals surface area contributed by atoms with Crippen LogP contribution in [0.25, 0.3) is 0 Å². The van der Waals surface area contributed by atoms with Crippen LogP contribution in [0.5, 0.6) is 0 Å². The topological polar surface area (TPSA) is 85.8 Å². The Kier molecular flexibility index (Phi) is 7.89. The highest BCUT2D eigenvalue weighted by Gasteiger charge is 2.21. The highest BCUT2D eigenvalue weighted by Crippen LogP contribution is 2.23. The van der Waals surface area contributed by atoms with Gasteiger partial charge in [-0.3, -0.25) is 14.6 Å². The first-order chi connectivity index (χ1) is 15.0. The lowest BCUT2D eigenvalue weighted by atomic mass is 10.2. The maximum atomic E-state index is 12.2. The van der Waals surface area contributed by atoms with E-state index in [4.69, 9.17) is 11.6 Å². The van der Waals surface area contributed by atoms with E-state index in [0.717, 1.165) is 35.5 Å². The number of carbonyl (C=O) groups excluding carboxylic acids is 2. The zero-order chi connectivity index (χ0) is 22.2. The fraction of sp³-hybridized carbons (Fsp3) is 0.348. The van der Waals surface area contributed by atoms with Crippen LogP contribution in [0.15, 0.2) is 47.5 Å². The molecular formula is C23H28ClN5O2. The smallest absolute Gasteiger partial charge is 0.227 e. The van der Waals surface area contributed by atoms with E-state index < -0.39 is 0 Å². The summed E-state index contributed by atoms with van der Waals surface area (Å²) in [6, 6.07) is 13.4. The third-order valence-corrected chi connectivity index (χ3v) is 5.60. The van der Waals surface area contributed by atoms with Gasteiger partial charge in [-0.15, -0.1) is 0 Å². The van der Waals surface area contributed by atoms with Crippen molar-refractivity contribution in [3.05, 3.63) is 58.6 Å². The summed E-state index contributed by atoms with van der Waals surface area (Å²) in [5.74, 6) is 0.705. The van der Waals surface area contributed by atoms with Gasteiger partial charge in [-0.2, -0.15) is 0 Å². The fourth-order valence-electron chi connectivity index (χ4n) is 3.37. The van der Waals surface area contributed by atoms with Crippen molar-refractivity contribution in [3.63, 3.8) is 0 Å². The van der Waals surface area contributed by atoms with Crippen LogP contribution >= 0.6 is 11.6 Å². The van der Waals surface area contributed by atoms with E-state index >= 15 is 0 Å². The highest BCUT2D eigenvalue weighted by atomic mass is 35.5. The van der Waals surface area contributed by atoms with Gasteiger partial charge in [0, 0.05) is 55.9 Å². The number of hydrogen-bond acceptors (Lipinski definition) is 3. The third-order valence-electron chi connectivity index (χ3n) is 5.19. The summed E-state index contributed by atoms with van der Waals surface area (Å²) >= 11 is 6.09. The monoisotopic (exact) mass is 441 g/mol. The van der Waals surface area contributed by atoms with Gasteiger partial charge in [0.25, 0.3) is 0 Å². The molecule has 3 N–H and O–H groups in total. The van der Waals surface area contributed by atoms with Gasteiger partial charge in [0.2, 0.25) is 11.8 Å². The zero-order valence-corrected chi connectivity index (χ0v) is 18.6. The zero-order valence-electron chi connectivity index (χ0n) is 17.9. The number of benzene rings is 2. The Balaban J connectivity index is 1.42. The molecule has 0 aromatic heterocycles. The summed E-state index contributed by atoms with van der Waals surface area (Å²) in [5, 5.41) is 9.88.